The number of amides is 3. The number of carbonyl (C=O) groups excluding carboxylic acids is 3. The zero-order chi connectivity index (χ0) is 17.4. The maximum absolute atomic E-state index is 12.3. The monoisotopic (exact) mass is 334 g/mol. The third kappa shape index (κ3) is 2.65. The van der Waals surface area contributed by atoms with Crippen molar-refractivity contribution in [2.24, 2.45) is 0 Å². The van der Waals surface area contributed by atoms with E-state index in [1.165, 1.54) is 0 Å². The predicted molar refractivity (Wildman–Crippen MR) is 91.1 cm³/mol. The highest BCUT2D eigenvalue weighted by molar-refractivity contribution is 6.21. The molecular formula is C18H14N4O3. The van der Waals surface area contributed by atoms with Crippen LogP contribution in [0.25, 0.3) is 11.0 Å². The number of hydrogen-bond acceptors (Lipinski definition) is 4. The Balaban J connectivity index is 1.41. The summed E-state index contributed by atoms with van der Waals surface area (Å²) < 4.78 is 0. The average Bonchev–Trinajstić information content (AvgIpc) is 3.17. The first-order valence-corrected chi connectivity index (χ1v) is 7.82. The van der Waals surface area contributed by atoms with Gasteiger partial charge in [-0.1, -0.05) is 12.1 Å². The van der Waals surface area contributed by atoms with Crippen LogP contribution in [0, 0.1) is 0 Å². The maximum Gasteiger partial charge on any atom is 0.261 e. The zero-order valence-corrected chi connectivity index (χ0v) is 13.2. The first-order valence-electron chi connectivity index (χ1n) is 7.82. The number of hydrogen-bond donors (Lipinski definition) is 2. The van der Waals surface area contributed by atoms with Gasteiger partial charge >= 0.3 is 0 Å². The minimum absolute atomic E-state index is 0.0342. The highest BCUT2D eigenvalue weighted by Gasteiger charge is 2.34. The number of benzene rings is 2. The van der Waals surface area contributed by atoms with Crippen molar-refractivity contribution in [2.45, 2.75) is 6.42 Å². The number of nitrogens with one attached hydrogen (secondary N) is 2. The lowest BCUT2D eigenvalue weighted by atomic mass is 10.1. The quantitative estimate of drug-likeness (QED) is 0.715. The second-order valence-corrected chi connectivity index (χ2v) is 5.74. The van der Waals surface area contributed by atoms with Crippen molar-refractivity contribution in [1.29, 1.82) is 0 Å². The van der Waals surface area contributed by atoms with Crippen LogP contribution >= 0.6 is 0 Å². The van der Waals surface area contributed by atoms with Crippen molar-refractivity contribution in [1.82, 2.24) is 14.9 Å². The summed E-state index contributed by atoms with van der Waals surface area (Å²) >= 11 is 0. The Morgan fingerprint density at radius 1 is 1.08 bits per heavy atom. The lowest BCUT2D eigenvalue weighted by Crippen LogP contribution is -2.32. The number of aromatic amines is 1. The van der Waals surface area contributed by atoms with Crippen molar-refractivity contribution in [3.8, 4) is 0 Å². The summed E-state index contributed by atoms with van der Waals surface area (Å²) in [6, 6.07) is 12.0. The fraction of sp³-hybridized carbons (Fsp3) is 0.111. The molecule has 2 aromatic carbocycles. The summed E-state index contributed by atoms with van der Waals surface area (Å²) in [7, 11) is 0. The van der Waals surface area contributed by atoms with Gasteiger partial charge in [-0.3, -0.25) is 19.3 Å². The van der Waals surface area contributed by atoms with Crippen molar-refractivity contribution in [2.75, 3.05) is 11.9 Å². The summed E-state index contributed by atoms with van der Waals surface area (Å²) in [4.78, 5) is 44.9. The summed E-state index contributed by atoms with van der Waals surface area (Å²) in [5, 5.41) is 2.76. The average molecular weight is 334 g/mol. The van der Waals surface area contributed by atoms with Gasteiger partial charge in [-0.25, -0.2) is 4.98 Å². The molecule has 0 fully saturated rings. The molecule has 0 bridgehead atoms. The van der Waals surface area contributed by atoms with Crippen LogP contribution < -0.4 is 5.32 Å². The van der Waals surface area contributed by atoms with Gasteiger partial charge < -0.3 is 10.3 Å². The minimum atomic E-state index is -0.354. The molecule has 124 valence electrons. The van der Waals surface area contributed by atoms with Crippen LogP contribution in [0.15, 0.2) is 48.8 Å². The second-order valence-electron chi connectivity index (χ2n) is 5.74. The van der Waals surface area contributed by atoms with Crippen LogP contribution in [0.2, 0.25) is 0 Å². The van der Waals surface area contributed by atoms with Crippen molar-refractivity contribution < 1.29 is 14.4 Å². The molecule has 7 heteroatoms. The minimum Gasteiger partial charge on any atom is -0.345 e. The molecular weight excluding hydrogens is 320 g/mol. The van der Waals surface area contributed by atoms with Crippen molar-refractivity contribution in [3.63, 3.8) is 0 Å². The number of anilines is 1. The van der Waals surface area contributed by atoms with Crippen molar-refractivity contribution in [3.05, 3.63) is 59.9 Å². The van der Waals surface area contributed by atoms with E-state index in [2.05, 4.69) is 15.3 Å². The standard InChI is InChI=1S/C18H14N4O3/c23-16(21-11-5-6-14-15(9-11)20-10-19-14)7-8-22-17(24)12-3-1-2-4-13(12)18(22)25/h1-6,9-10H,7-8H2,(H,19,20)(H,21,23). The number of carbonyl (C=O) groups is 3. The summed E-state index contributed by atoms with van der Waals surface area (Å²) in [5.74, 6) is -0.977. The normalized spacial score (nSPS) is 13.4. The van der Waals surface area contributed by atoms with E-state index in [1.807, 2.05) is 0 Å². The van der Waals surface area contributed by atoms with E-state index in [9.17, 15) is 14.4 Å². The Hall–Kier alpha value is -3.48. The first kappa shape index (κ1) is 15.1. The van der Waals surface area contributed by atoms with Crippen LogP contribution in [0.4, 0.5) is 5.69 Å². The van der Waals surface area contributed by atoms with Crippen LogP contribution in [0.5, 0.6) is 0 Å². The van der Waals surface area contributed by atoms with Gasteiger partial charge in [0.05, 0.1) is 28.5 Å². The van der Waals surface area contributed by atoms with E-state index < -0.39 is 0 Å². The summed E-state index contributed by atoms with van der Waals surface area (Å²) in [6.45, 7) is 0.0461. The van der Waals surface area contributed by atoms with Crippen LogP contribution in [0.3, 0.4) is 0 Å². The van der Waals surface area contributed by atoms with Gasteiger partial charge in [-0.15, -0.1) is 0 Å². The smallest absolute Gasteiger partial charge is 0.261 e. The third-order valence-corrected chi connectivity index (χ3v) is 4.14. The Morgan fingerprint density at radius 3 is 2.52 bits per heavy atom. The number of imidazole rings is 1. The topological polar surface area (TPSA) is 95.2 Å². The fourth-order valence-electron chi connectivity index (χ4n) is 2.89. The van der Waals surface area contributed by atoms with E-state index in [0.717, 1.165) is 15.9 Å². The molecule has 0 saturated heterocycles. The molecule has 0 radical (unpaired) electrons. The van der Waals surface area contributed by atoms with E-state index in [0.29, 0.717) is 16.8 Å². The third-order valence-electron chi connectivity index (χ3n) is 4.14. The first-order chi connectivity index (χ1) is 12.1. The van der Waals surface area contributed by atoms with Gasteiger partial charge in [-0.2, -0.15) is 0 Å². The molecule has 2 N–H and O–H groups in total. The molecule has 0 saturated carbocycles. The zero-order valence-electron chi connectivity index (χ0n) is 13.2. The van der Waals surface area contributed by atoms with E-state index in [-0.39, 0.29) is 30.7 Å². The molecule has 1 aliphatic heterocycles. The van der Waals surface area contributed by atoms with Crippen molar-refractivity contribution >= 4 is 34.4 Å². The lowest BCUT2D eigenvalue weighted by Gasteiger charge is -2.13. The lowest BCUT2D eigenvalue weighted by molar-refractivity contribution is -0.116. The Bertz CT molecular complexity index is 973. The molecule has 3 amide bonds. The molecule has 1 aliphatic rings. The Kier molecular flexibility index (Phi) is 3.53. The molecule has 0 unspecified atom stereocenters. The second kappa shape index (κ2) is 5.86. The summed E-state index contributed by atoms with van der Waals surface area (Å²) in [6.07, 6.45) is 1.62. The Labute approximate surface area is 142 Å². The molecule has 4 rings (SSSR count). The number of H-pyrrole nitrogens is 1. The fourth-order valence-corrected chi connectivity index (χ4v) is 2.89. The van der Waals surface area contributed by atoms with Gasteiger partial charge in [0.15, 0.2) is 0 Å². The molecule has 0 aliphatic carbocycles. The van der Waals surface area contributed by atoms with Gasteiger partial charge in [-0.05, 0) is 30.3 Å². The largest absolute Gasteiger partial charge is 0.345 e. The molecule has 2 heterocycles. The number of rotatable bonds is 4. The van der Waals surface area contributed by atoms with Crippen LogP contribution in [0.1, 0.15) is 27.1 Å². The molecule has 1 aromatic heterocycles. The van der Waals surface area contributed by atoms with Gasteiger partial charge in [0.2, 0.25) is 5.91 Å². The van der Waals surface area contributed by atoms with Crippen LogP contribution in [-0.4, -0.2) is 39.1 Å². The van der Waals surface area contributed by atoms with E-state index >= 15 is 0 Å². The highest BCUT2D eigenvalue weighted by atomic mass is 16.2. The van der Waals surface area contributed by atoms with E-state index in [4.69, 9.17) is 0 Å². The van der Waals surface area contributed by atoms with Gasteiger partial charge in [0, 0.05) is 18.7 Å². The SMILES string of the molecule is O=C(CCN1C(=O)c2ccccc2C1=O)Nc1ccc2nc[nH]c2c1. The number of nitrogens with zero attached hydrogens (tertiary/aromatic N) is 2. The molecule has 25 heavy (non-hydrogen) atoms. The highest BCUT2D eigenvalue weighted by Crippen LogP contribution is 2.22. The molecule has 7 nitrogen and oxygen atoms in total. The maximum atomic E-state index is 12.3. The van der Waals surface area contributed by atoms with E-state index in [1.54, 1.807) is 48.8 Å². The van der Waals surface area contributed by atoms with Gasteiger partial charge in [0.1, 0.15) is 0 Å². The summed E-state index contributed by atoms with van der Waals surface area (Å²) in [5.41, 5.74) is 3.03. The molecule has 0 atom stereocenters. The predicted octanol–water partition coefficient (Wildman–Crippen LogP) is 2.19. The van der Waals surface area contributed by atoms with Gasteiger partial charge in [0.25, 0.3) is 11.8 Å². The number of fused-ring (bicyclic) bond motifs is 2. The molecule has 0 spiro atoms. The number of imide groups is 1. The Morgan fingerprint density at radius 2 is 1.80 bits per heavy atom. The van der Waals surface area contributed by atoms with Crippen LogP contribution in [-0.2, 0) is 4.79 Å². The number of aromatic nitrogens is 2. The molecule has 3 aromatic rings.